The summed E-state index contributed by atoms with van der Waals surface area (Å²) in [5.74, 6) is 1.64. The zero-order valence-corrected chi connectivity index (χ0v) is 7.15. The maximum atomic E-state index is 5.03. The topological polar surface area (TPSA) is 13.1 Å². The Morgan fingerprint density at radius 1 is 1.75 bits per heavy atom. The number of hydrogen-bond acceptors (Lipinski definition) is 2. The molecule has 8 heavy (non-hydrogen) atoms. The largest absolute Gasteiger partial charge is 0.467 e. The van der Waals surface area contributed by atoms with Crippen LogP contribution in [0.5, 0.6) is 0 Å². The summed E-state index contributed by atoms with van der Waals surface area (Å²) in [5, 5.41) is 0. The average molecular weight is 240 g/mol. The van der Waals surface area contributed by atoms with Crippen molar-refractivity contribution in [1.82, 2.24) is 0 Å². The molecule has 1 aromatic rings. The van der Waals surface area contributed by atoms with Gasteiger partial charge < -0.3 is 4.42 Å². The van der Waals surface area contributed by atoms with Crippen LogP contribution in [0.3, 0.4) is 0 Å². The molecule has 0 aliphatic rings. The van der Waals surface area contributed by atoms with E-state index in [4.69, 9.17) is 4.42 Å². The molecule has 0 aliphatic carbocycles. The standard InChI is InChI=1S/C5H5IOS/c6-4-1-2-7-5(4)3-8/h1-2,8H,3H2. The zero-order valence-electron chi connectivity index (χ0n) is 4.10. The van der Waals surface area contributed by atoms with Crippen molar-refractivity contribution in [3.05, 3.63) is 21.7 Å². The van der Waals surface area contributed by atoms with Crippen molar-refractivity contribution in [2.75, 3.05) is 0 Å². The fourth-order valence-electron chi connectivity index (χ4n) is 0.438. The first-order valence-electron chi connectivity index (χ1n) is 2.17. The van der Waals surface area contributed by atoms with Gasteiger partial charge in [0.25, 0.3) is 0 Å². The lowest BCUT2D eigenvalue weighted by Gasteiger charge is -1.84. The highest BCUT2D eigenvalue weighted by atomic mass is 127. The van der Waals surface area contributed by atoms with Gasteiger partial charge in [0, 0.05) is 5.75 Å². The number of thiol groups is 1. The van der Waals surface area contributed by atoms with Crippen molar-refractivity contribution < 1.29 is 4.42 Å². The van der Waals surface area contributed by atoms with Gasteiger partial charge in [0.05, 0.1) is 9.83 Å². The number of furan rings is 1. The summed E-state index contributed by atoms with van der Waals surface area (Å²) in [7, 11) is 0. The molecule has 0 saturated heterocycles. The number of halogens is 1. The first kappa shape index (κ1) is 6.48. The van der Waals surface area contributed by atoms with Crippen molar-refractivity contribution >= 4 is 35.2 Å². The predicted molar refractivity (Wildman–Crippen MR) is 44.1 cm³/mol. The highest BCUT2D eigenvalue weighted by Crippen LogP contribution is 2.14. The second-order valence-electron chi connectivity index (χ2n) is 1.35. The third kappa shape index (κ3) is 1.20. The van der Waals surface area contributed by atoms with E-state index in [0.717, 1.165) is 9.33 Å². The second-order valence-corrected chi connectivity index (χ2v) is 2.83. The molecule has 3 heteroatoms. The SMILES string of the molecule is SCc1occc1I. The lowest BCUT2D eigenvalue weighted by molar-refractivity contribution is 0.528. The van der Waals surface area contributed by atoms with E-state index in [9.17, 15) is 0 Å². The molecule has 1 nitrogen and oxygen atoms in total. The Labute approximate surface area is 67.0 Å². The third-order valence-electron chi connectivity index (χ3n) is 0.835. The minimum Gasteiger partial charge on any atom is -0.467 e. The molecule has 0 saturated carbocycles. The van der Waals surface area contributed by atoms with Crippen LogP contribution in [0.25, 0.3) is 0 Å². The summed E-state index contributed by atoms with van der Waals surface area (Å²) in [4.78, 5) is 0. The maximum Gasteiger partial charge on any atom is 0.126 e. The Morgan fingerprint density at radius 3 is 2.75 bits per heavy atom. The van der Waals surface area contributed by atoms with E-state index >= 15 is 0 Å². The van der Waals surface area contributed by atoms with Gasteiger partial charge in [-0.1, -0.05) is 0 Å². The molecule has 0 radical (unpaired) electrons. The maximum absolute atomic E-state index is 5.03. The van der Waals surface area contributed by atoms with Crippen LogP contribution in [0.2, 0.25) is 0 Å². The van der Waals surface area contributed by atoms with Gasteiger partial charge >= 0.3 is 0 Å². The first-order chi connectivity index (χ1) is 3.84. The van der Waals surface area contributed by atoms with Crippen LogP contribution in [0.1, 0.15) is 5.76 Å². The van der Waals surface area contributed by atoms with E-state index in [-0.39, 0.29) is 0 Å². The zero-order chi connectivity index (χ0) is 5.98. The predicted octanol–water partition coefficient (Wildman–Crippen LogP) is 2.31. The van der Waals surface area contributed by atoms with Gasteiger partial charge in [0.2, 0.25) is 0 Å². The van der Waals surface area contributed by atoms with E-state index in [1.54, 1.807) is 6.26 Å². The normalized spacial score (nSPS) is 9.75. The lowest BCUT2D eigenvalue weighted by Crippen LogP contribution is -1.71. The molecule has 0 atom stereocenters. The minimum absolute atomic E-state index is 0.686. The summed E-state index contributed by atoms with van der Waals surface area (Å²) in [6.07, 6.45) is 1.67. The third-order valence-corrected chi connectivity index (χ3v) is 2.08. The number of rotatable bonds is 1. The molecule has 0 aliphatic heterocycles. The van der Waals surface area contributed by atoms with Gasteiger partial charge in [-0.3, -0.25) is 0 Å². The molecule has 0 spiro atoms. The van der Waals surface area contributed by atoms with Gasteiger partial charge in [-0.25, -0.2) is 0 Å². The lowest BCUT2D eigenvalue weighted by atomic mass is 10.5. The van der Waals surface area contributed by atoms with Crippen LogP contribution in [-0.4, -0.2) is 0 Å². The summed E-state index contributed by atoms with van der Waals surface area (Å²) >= 11 is 6.26. The summed E-state index contributed by atoms with van der Waals surface area (Å²) in [6.45, 7) is 0. The molecule has 0 amide bonds. The quantitative estimate of drug-likeness (QED) is 0.587. The smallest absolute Gasteiger partial charge is 0.126 e. The van der Waals surface area contributed by atoms with Crippen molar-refractivity contribution in [3.63, 3.8) is 0 Å². The second kappa shape index (κ2) is 2.77. The average Bonchev–Trinajstić information content (AvgIpc) is 2.14. The Balaban J connectivity index is 2.92. The van der Waals surface area contributed by atoms with Crippen LogP contribution >= 0.6 is 35.2 Å². The van der Waals surface area contributed by atoms with Crippen LogP contribution in [0, 0.1) is 3.57 Å². The molecule has 0 N–H and O–H groups in total. The molecule has 0 bridgehead atoms. The Bertz CT molecular complexity index is 173. The fraction of sp³-hybridized carbons (Fsp3) is 0.200. The van der Waals surface area contributed by atoms with E-state index in [1.165, 1.54) is 0 Å². The van der Waals surface area contributed by atoms with Gasteiger partial charge in [-0.2, -0.15) is 12.6 Å². The molecule has 1 aromatic heterocycles. The van der Waals surface area contributed by atoms with Crippen LogP contribution in [0.4, 0.5) is 0 Å². The van der Waals surface area contributed by atoms with Gasteiger partial charge in [-0.05, 0) is 28.7 Å². The minimum atomic E-state index is 0.686. The first-order valence-corrected chi connectivity index (χ1v) is 3.88. The highest BCUT2D eigenvalue weighted by Gasteiger charge is 1.97. The van der Waals surface area contributed by atoms with Crippen molar-refractivity contribution in [2.45, 2.75) is 5.75 Å². The number of hydrogen-bond donors (Lipinski definition) is 1. The monoisotopic (exact) mass is 240 g/mol. The molecular weight excluding hydrogens is 235 g/mol. The van der Waals surface area contributed by atoms with Crippen molar-refractivity contribution in [1.29, 1.82) is 0 Å². The molecule has 0 aromatic carbocycles. The van der Waals surface area contributed by atoms with Crippen molar-refractivity contribution in [3.8, 4) is 0 Å². The fourth-order valence-corrected chi connectivity index (χ4v) is 1.45. The molecule has 44 valence electrons. The van der Waals surface area contributed by atoms with Crippen LogP contribution in [-0.2, 0) is 5.75 Å². The Morgan fingerprint density at radius 2 is 2.50 bits per heavy atom. The molecular formula is C5H5IOS. The van der Waals surface area contributed by atoms with E-state index in [0.29, 0.717) is 5.75 Å². The van der Waals surface area contributed by atoms with Gasteiger partial charge in [0.1, 0.15) is 5.76 Å². The molecule has 0 unspecified atom stereocenters. The van der Waals surface area contributed by atoms with Crippen LogP contribution < -0.4 is 0 Å². The van der Waals surface area contributed by atoms with Gasteiger partial charge in [0.15, 0.2) is 0 Å². The summed E-state index contributed by atoms with van der Waals surface area (Å²) < 4.78 is 6.18. The van der Waals surface area contributed by atoms with E-state index in [2.05, 4.69) is 35.2 Å². The van der Waals surface area contributed by atoms with E-state index in [1.807, 2.05) is 6.07 Å². The van der Waals surface area contributed by atoms with Crippen molar-refractivity contribution in [2.24, 2.45) is 0 Å². The van der Waals surface area contributed by atoms with E-state index < -0.39 is 0 Å². The highest BCUT2D eigenvalue weighted by molar-refractivity contribution is 14.1. The summed E-state index contributed by atoms with van der Waals surface area (Å²) in [5.41, 5.74) is 0. The Kier molecular flexibility index (Phi) is 2.25. The molecule has 1 rings (SSSR count). The van der Waals surface area contributed by atoms with Crippen LogP contribution in [0.15, 0.2) is 16.7 Å². The van der Waals surface area contributed by atoms with Gasteiger partial charge in [-0.15, -0.1) is 0 Å². The Hall–Kier alpha value is 0.360. The molecule has 0 fully saturated rings. The molecule has 1 heterocycles. The summed E-state index contributed by atoms with van der Waals surface area (Å²) in [6, 6.07) is 1.92.